The number of benzene rings is 1. The van der Waals surface area contributed by atoms with Crippen LogP contribution in [0, 0.1) is 6.92 Å². The van der Waals surface area contributed by atoms with Crippen molar-refractivity contribution < 1.29 is 9.64 Å². The molecule has 0 spiro atoms. The van der Waals surface area contributed by atoms with Crippen molar-refractivity contribution in [1.82, 2.24) is 0 Å². The summed E-state index contributed by atoms with van der Waals surface area (Å²) in [6.45, 7) is 7.00. The van der Waals surface area contributed by atoms with Crippen molar-refractivity contribution in [2.24, 2.45) is 0 Å². The molecule has 1 heterocycles. The first kappa shape index (κ1) is 13.9. The van der Waals surface area contributed by atoms with Gasteiger partial charge in [0, 0.05) is 12.8 Å². The summed E-state index contributed by atoms with van der Waals surface area (Å²) in [5, 5.41) is 0. The lowest BCUT2D eigenvalue weighted by atomic mass is 10.2. The largest absolute Gasteiger partial charge is 0.492 e. The van der Waals surface area contributed by atoms with Crippen molar-refractivity contribution >= 4 is 15.9 Å². The number of hydrogen-bond acceptors (Lipinski definition) is 1. The Balaban J connectivity index is 1.62. The summed E-state index contributed by atoms with van der Waals surface area (Å²) in [5.41, 5.74) is 1.26. The van der Waals surface area contributed by atoms with Crippen LogP contribution in [-0.2, 0) is 0 Å². The average molecular weight is 313 g/mol. The third-order valence-corrected chi connectivity index (χ3v) is 4.20. The molecule has 0 bridgehead atoms. The molecule has 0 amide bonds. The highest BCUT2D eigenvalue weighted by Gasteiger charge is 2.13. The van der Waals surface area contributed by atoms with Crippen LogP contribution in [-0.4, -0.2) is 26.2 Å². The Morgan fingerprint density at radius 1 is 1.22 bits per heavy atom. The molecule has 100 valence electrons. The molecule has 18 heavy (non-hydrogen) atoms. The van der Waals surface area contributed by atoms with E-state index in [1.807, 2.05) is 6.07 Å². The maximum Gasteiger partial charge on any atom is 0.133 e. The highest BCUT2D eigenvalue weighted by Crippen LogP contribution is 2.25. The van der Waals surface area contributed by atoms with E-state index >= 15 is 0 Å². The summed E-state index contributed by atoms with van der Waals surface area (Å²) in [7, 11) is 0. The van der Waals surface area contributed by atoms with Gasteiger partial charge >= 0.3 is 0 Å². The SMILES string of the molecule is Cc1ccc(OCCCC[NH+]2CCCC2)c(Br)c1. The normalized spacial score (nSPS) is 16.1. The fraction of sp³-hybridized carbons (Fsp3) is 0.600. The summed E-state index contributed by atoms with van der Waals surface area (Å²) in [5.74, 6) is 0.967. The van der Waals surface area contributed by atoms with Crippen molar-refractivity contribution in [2.75, 3.05) is 26.2 Å². The van der Waals surface area contributed by atoms with Gasteiger partial charge < -0.3 is 9.64 Å². The number of rotatable bonds is 6. The van der Waals surface area contributed by atoms with Gasteiger partial charge in [-0.3, -0.25) is 0 Å². The van der Waals surface area contributed by atoms with Crippen LogP contribution in [0.3, 0.4) is 0 Å². The molecule has 2 rings (SSSR count). The molecule has 0 unspecified atom stereocenters. The molecule has 0 saturated carbocycles. The van der Waals surface area contributed by atoms with Gasteiger partial charge in [-0.2, -0.15) is 0 Å². The summed E-state index contributed by atoms with van der Waals surface area (Å²) < 4.78 is 6.86. The van der Waals surface area contributed by atoms with Crippen LogP contribution in [0.2, 0.25) is 0 Å². The highest BCUT2D eigenvalue weighted by atomic mass is 79.9. The number of aryl methyl sites for hydroxylation is 1. The fourth-order valence-corrected chi connectivity index (χ4v) is 3.11. The Hall–Kier alpha value is -0.540. The van der Waals surface area contributed by atoms with Crippen LogP contribution in [0.15, 0.2) is 22.7 Å². The van der Waals surface area contributed by atoms with E-state index in [9.17, 15) is 0 Å². The van der Waals surface area contributed by atoms with Crippen molar-refractivity contribution in [3.63, 3.8) is 0 Å². The fourth-order valence-electron chi connectivity index (χ4n) is 2.51. The number of likely N-dealkylation sites (tertiary alicyclic amines) is 1. The van der Waals surface area contributed by atoms with Gasteiger partial charge in [-0.25, -0.2) is 0 Å². The smallest absolute Gasteiger partial charge is 0.133 e. The van der Waals surface area contributed by atoms with Gasteiger partial charge in [-0.05, 0) is 53.4 Å². The van der Waals surface area contributed by atoms with Gasteiger partial charge in [-0.1, -0.05) is 6.07 Å². The van der Waals surface area contributed by atoms with Gasteiger partial charge in [0.15, 0.2) is 0 Å². The quantitative estimate of drug-likeness (QED) is 0.797. The minimum Gasteiger partial charge on any atom is -0.492 e. The van der Waals surface area contributed by atoms with Crippen LogP contribution in [0.4, 0.5) is 0 Å². The zero-order valence-corrected chi connectivity index (χ0v) is 12.8. The number of nitrogens with one attached hydrogen (secondary N) is 1. The summed E-state index contributed by atoms with van der Waals surface area (Å²) in [6.07, 6.45) is 5.27. The van der Waals surface area contributed by atoms with E-state index in [0.717, 1.165) is 23.2 Å². The second-order valence-corrected chi connectivity index (χ2v) is 6.05. The van der Waals surface area contributed by atoms with E-state index < -0.39 is 0 Å². The predicted octanol–water partition coefficient (Wildman–Crippen LogP) is 2.60. The van der Waals surface area contributed by atoms with Crippen LogP contribution in [0.1, 0.15) is 31.2 Å². The second kappa shape index (κ2) is 7.15. The van der Waals surface area contributed by atoms with Gasteiger partial charge in [-0.15, -0.1) is 0 Å². The molecule has 1 aliphatic rings. The monoisotopic (exact) mass is 312 g/mol. The van der Waals surface area contributed by atoms with Gasteiger partial charge in [0.05, 0.1) is 30.7 Å². The van der Waals surface area contributed by atoms with Gasteiger partial charge in [0.1, 0.15) is 5.75 Å². The van der Waals surface area contributed by atoms with E-state index in [1.54, 1.807) is 4.90 Å². The Bertz CT molecular complexity index is 375. The minimum atomic E-state index is 0.828. The average Bonchev–Trinajstić information content (AvgIpc) is 2.84. The van der Waals surface area contributed by atoms with Crippen LogP contribution >= 0.6 is 15.9 Å². The molecular weight excluding hydrogens is 290 g/mol. The molecule has 1 N–H and O–H groups in total. The number of hydrogen-bond donors (Lipinski definition) is 1. The molecule has 3 heteroatoms. The third-order valence-electron chi connectivity index (χ3n) is 3.58. The molecular formula is C15H23BrNO+. The lowest BCUT2D eigenvalue weighted by molar-refractivity contribution is -0.887. The molecule has 0 atom stereocenters. The lowest BCUT2D eigenvalue weighted by Crippen LogP contribution is -3.09. The Labute approximate surface area is 118 Å². The van der Waals surface area contributed by atoms with Crippen molar-refractivity contribution in [3.05, 3.63) is 28.2 Å². The molecule has 0 aliphatic carbocycles. The Kier molecular flexibility index (Phi) is 5.51. The van der Waals surface area contributed by atoms with Crippen LogP contribution in [0.5, 0.6) is 5.75 Å². The van der Waals surface area contributed by atoms with E-state index in [4.69, 9.17) is 4.74 Å². The molecule has 2 nitrogen and oxygen atoms in total. The second-order valence-electron chi connectivity index (χ2n) is 5.20. The number of unbranched alkanes of at least 4 members (excludes halogenated alkanes) is 1. The number of quaternary nitrogens is 1. The molecule has 1 aromatic rings. The predicted molar refractivity (Wildman–Crippen MR) is 78.4 cm³/mol. The van der Waals surface area contributed by atoms with Gasteiger partial charge in [0.2, 0.25) is 0 Å². The lowest BCUT2D eigenvalue weighted by Gasteiger charge is -2.12. The molecule has 1 fully saturated rings. The first-order valence-electron chi connectivity index (χ1n) is 6.98. The highest BCUT2D eigenvalue weighted by molar-refractivity contribution is 9.10. The van der Waals surface area contributed by atoms with Crippen molar-refractivity contribution in [2.45, 2.75) is 32.6 Å². The molecule has 1 saturated heterocycles. The summed E-state index contributed by atoms with van der Waals surface area (Å²) in [4.78, 5) is 1.78. The van der Waals surface area contributed by atoms with Crippen molar-refractivity contribution in [1.29, 1.82) is 0 Å². The Morgan fingerprint density at radius 3 is 2.72 bits per heavy atom. The molecule has 1 aromatic carbocycles. The minimum absolute atomic E-state index is 0.828. The van der Waals surface area contributed by atoms with Crippen molar-refractivity contribution in [3.8, 4) is 5.75 Å². The topological polar surface area (TPSA) is 13.7 Å². The molecule has 0 radical (unpaired) electrons. The van der Waals surface area contributed by atoms with E-state index in [-0.39, 0.29) is 0 Å². The third kappa shape index (κ3) is 4.29. The zero-order valence-electron chi connectivity index (χ0n) is 11.2. The molecule has 1 aliphatic heterocycles. The summed E-state index contributed by atoms with van der Waals surface area (Å²) >= 11 is 3.54. The molecule has 0 aromatic heterocycles. The van der Waals surface area contributed by atoms with Crippen LogP contribution < -0.4 is 9.64 Å². The number of halogens is 1. The first-order valence-corrected chi connectivity index (χ1v) is 7.77. The maximum atomic E-state index is 5.80. The van der Waals surface area contributed by atoms with E-state index in [2.05, 4.69) is 35.0 Å². The standard InChI is InChI=1S/C15H22BrNO/c1-13-6-7-15(14(16)12-13)18-11-5-4-10-17-8-2-3-9-17/h6-7,12H,2-5,8-11H2,1H3/p+1. The summed E-state index contributed by atoms with van der Waals surface area (Å²) in [6, 6.07) is 6.24. The zero-order chi connectivity index (χ0) is 12.8. The van der Waals surface area contributed by atoms with Gasteiger partial charge in [0.25, 0.3) is 0 Å². The Morgan fingerprint density at radius 2 is 2.00 bits per heavy atom. The van der Waals surface area contributed by atoms with Crippen LogP contribution in [0.25, 0.3) is 0 Å². The van der Waals surface area contributed by atoms with E-state index in [0.29, 0.717) is 0 Å². The number of ether oxygens (including phenoxy) is 1. The van der Waals surface area contributed by atoms with E-state index in [1.165, 1.54) is 44.5 Å². The first-order chi connectivity index (χ1) is 8.75. The maximum absolute atomic E-state index is 5.80.